The van der Waals surface area contributed by atoms with Gasteiger partial charge in [-0.1, -0.05) is 0 Å². The second-order valence-electron chi connectivity index (χ2n) is 5.12. The standard InChI is InChI=1S/C13H22N2O2/c14-13(16)9-11-4-6-15(7-5-11)10-12-3-1-2-8-17-12/h2,8,11-12H,1,3-7,9-10H2,(H2,14,16). The molecule has 1 saturated heterocycles. The van der Waals surface area contributed by atoms with Gasteiger partial charge in [-0.25, -0.2) is 0 Å². The van der Waals surface area contributed by atoms with Crippen molar-refractivity contribution in [3.05, 3.63) is 12.3 Å². The fourth-order valence-electron chi connectivity index (χ4n) is 2.66. The minimum atomic E-state index is -0.163. The van der Waals surface area contributed by atoms with Gasteiger partial charge in [-0.15, -0.1) is 0 Å². The summed E-state index contributed by atoms with van der Waals surface area (Å²) in [5, 5.41) is 0. The first kappa shape index (κ1) is 12.4. The van der Waals surface area contributed by atoms with Gasteiger partial charge in [0.25, 0.3) is 0 Å². The molecule has 1 unspecified atom stereocenters. The second kappa shape index (κ2) is 6.05. The summed E-state index contributed by atoms with van der Waals surface area (Å²) in [4.78, 5) is 13.3. The number of likely N-dealkylation sites (tertiary alicyclic amines) is 1. The number of nitrogens with two attached hydrogens (primary N) is 1. The Hall–Kier alpha value is -1.03. The Morgan fingerprint density at radius 2 is 2.12 bits per heavy atom. The molecule has 2 N–H and O–H groups in total. The van der Waals surface area contributed by atoms with Gasteiger partial charge >= 0.3 is 0 Å². The molecule has 0 spiro atoms. The first-order valence-electron chi connectivity index (χ1n) is 6.55. The van der Waals surface area contributed by atoms with Crippen LogP contribution in [0.1, 0.15) is 32.1 Å². The van der Waals surface area contributed by atoms with E-state index in [9.17, 15) is 4.79 Å². The highest BCUT2D eigenvalue weighted by Gasteiger charge is 2.23. The van der Waals surface area contributed by atoms with E-state index < -0.39 is 0 Å². The Morgan fingerprint density at radius 3 is 2.71 bits per heavy atom. The highest BCUT2D eigenvalue weighted by atomic mass is 16.5. The summed E-state index contributed by atoms with van der Waals surface area (Å²) in [6.45, 7) is 3.16. The van der Waals surface area contributed by atoms with E-state index in [0.29, 0.717) is 18.4 Å². The van der Waals surface area contributed by atoms with Crippen LogP contribution in [0.5, 0.6) is 0 Å². The molecule has 1 atom stereocenters. The number of allylic oxidation sites excluding steroid dienone is 1. The SMILES string of the molecule is NC(=O)CC1CCN(CC2CCC=CO2)CC1. The molecule has 0 aromatic carbocycles. The molecule has 1 fully saturated rings. The molecular formula is C13H22N2O2. The molecule has 2 heterocycles. The summed E-state index contributed by atoms with van der Waals surface area (Å²) in [5.74, 6) is 0.333. The van der Waals surface area contributed by atoms with Gasteiger partial charge < -0.3 is 10.5 Å². The molecule has 0 aromatic rings. The Kier molecular flexibility index (Phi) is 4.42. The van der Waals surface area contributed by atoms with E-state index in [2.05, 4.69) is 11.0 Å². The summed E-state index contributed by atoms with van der Waals surface area (Å²) in [7, 11) is 0. The number of hydrogen-bond donors (Lipinski definition) is 1. The number of piperidine rings is 1. The molecule has 0 aliphatic carbocycles. The number of ether oxygens (including phenoxy) is 1. The quantitative estimate of drug-likeness (QED) is 0.802. The monoisotopic (exact) mass is 238 g/mol. The smallest absolute Gasteiger partial charge is 0.217 e. The molecule has 96 valence electrons. The van der Waals surface area contributed by atoms with E-state index >= 15 is 0 Å². The lowest BCUT2D eigenvalue weighted by Gasteiger charge is -2.34. The van der Waals surface area contributed by atoms with Crippen molar-refractivity contribution >= 4 is 5.91 Å². The lowest BCUT2D eigenvalue weighted by molar-refractivity contribution is -0.119. The van der Waals surface area contributed by atoms with Gasteiger partial charge in [0.05, 0.1) is 6.26 Å². The molecule has 2 rings (SSSR count). The number of amides is 1. The summed E-state index contributed by atoms with van der Waals surface area (Å²) < 4.78 is 5.58. The maximum absolute atomic E-state index is 10.8. The molecule has 0 aromatic heterocycles. The van der Waals surface area contributed by atoms with Gasteiger partial charge in [-0.3, -0.25) is 9.69 Å². The summed E-state index contributed by atoms with van der Waals surface area (Å²) in [5.41, 5.74) is 5.23. The second-order valence-corrected chi connectivity index (χ2v) is 5.12. The lowest BCUT2D eigenvalue weighted by atomic mass is 9.93. The molecule has 4 nitrogen and oxygen atoms in total. The molecule has 0 saturated carbocycles. The van der Waals surface area contributed by atoms with Crippen LogP contribution >= 0.6 is 0 Å². The van der Waals surface area contributed by atoms with Crippen molar-refractivity contribution in [3.63, 3.8) is 0 Å². The van der Waals surface area contributed by atoms with Crippen LogP contribution in [0.4, 0.5) is 0 Å². The Labute approximate surface area is 103 Å². The maximum atomic E-state index is 10.8. The molecule has 2 aliphatic rings. The predicted molar refractivity (Wildman–Crippen MR) is 66.2 cm³/mol. The minimum Gasteiger partial charge on any atom is -0.497 e. The molecule has 0 radical (unpaired) electrons. The zero-order chi connectivity index (χ0) is 12.1. The van der Waals surface area contributed by atoms with E-state index in [-0.39, 0.29) is 5.91 Å². The lowest BCUT2D eigenvalue weighted by Crippen LogP contribution is -2.40. The van der Waals surface area contributed by atoms with E-state index in [4.69, 9.17) is 10.5 Å². The molecule has 17 heavy (non-hydrogen) atoms. The van der Waals surface area contributed by atoms with Crippen molar-refractivity contribution in [2.75, 3.05) is 19.6 Å². The van der Waals surface area contributed by atoms with Crippen molar-refractivity contribution in [3.8, 4) is 0 Å². The Morgan fingerprint density at radius 1 is 1.35 bits per heavy atom. The van der Waals surface area contributed by atoms with Crippen LogP contribution < -0.4 is 5.73 Å². The van der Waals surface area contributed by atoms with E-state index in [1.807, 2.05) is 6.26 Å². The van der Waals surface area contributed by atoms with Crippen LogP contribution in [-0.4, -0.2) is 36.5 Å². The number of nitrogens with zero attached hydrogens (tertiary/aromatic N) is 1. The molecule has 4 heteroatoms. The third kappa shape index (κ3) is 4.04. The van der Waals surface area contributed by atoms with E-state index in [0.717, 1.165) is 45.3 Å². The first-order chi connectivity index (χ1) is 8.24. The number of hydrogen-bond acceptors (Lipinski definition) is 3. The number of primary amides is 1. The average molecular weight is 238 g/mol. The largest absolute Gasteiger partial charge is 0.497 e. The van der Waals surface area contributed by atoms with Crippen molar-refractivity contribution in [1.82, 2.24) is 4.90 Å². The van der Waals surface area contributed by atoms with Crippen LogP contribution in [0.2, 0.25) is 0 Å². The topological polar surface area (TPSA) is 55.6 Å². The van der Waals surface area contributed by atoms with E-state index in [1.54, 1.807) is 0 Å². The van der Waals surface area contributed by atoms with Gasteiger partial charge in [-0.2, -0.15) is 0 Å². The van der Waals surface area contributed by atoms with Crippen LogP contribution in [0, 0.1) is 5.92 Å². The average Bonchev–Trinajstić information content (AvgIpc) is 2.32. The van der Waals surface area contributed by atoms with Crippen molar-refractivity contribution in [2.45, 2.75) is 38.2 Å². The molecule has 0 bridgehead atoms. The Balaban J connectivity index is 1.68. The van der Waals surface area contributed by atoms with Crippen molar-refractivity contribution in [1.29, 1.82) is 0 Å². The maximum Gasteiger partial charge on any atom is 0.217 e. The highest BCUT2D eigenvalue weighted by molar-refractivity contribution is 5.73. The number of carbonyl (C=O) groups excluding carboxylic acids is 1. The molecular weight excluding hydrogens is 216 g/mol. The summed E-state index contributed by atoms with van der Waals surface area (Å²) in [6, 6.07) is 0. The van der Waals surface area contributed by atoms with Gasteiger partial charge in [0.15, 0.2) is 0 Å². The highest BCUT2D eigenvalue weighted by Crippen LogP contribution is 2.21. The Bertz CT molecular complexity index is 283. The van der Waals surface area contributed by atoms with Crippen molar-refractivity contribution in [2.24, 2.45) is 11.7 Å². The third-order valence-corrected chi connectivity index (χ3v) is 3.68. The third-order valence-electron chi connectivity index (χ3n) is 3.68. The van der Waals surface area contributed by atoms with Gasteiger partial charge in [0, 0.05) is 13.0 Å². The predicted octanol–water partition coefficient (Wildman–Crippen LogP) is 1.27. The number of carbonyl (C=O) groups is 1. The minimum absolute atomic E-state index is 0.163. The zero-order valence-corrected chi connectivity index (χ0v) is 10.3. The van der Waals surface area contributed by atoms with Crippen LogP contribution in [0.3, 0.4) is 0 Å². The molecule has 2 aliphatic heterocycles. The van der Waals surface area contributed by atoms with Crippen LogP contribution in [0.15, 0.2) is 12.3 Å². The zero-order valence-electron chi connectivity index (χ0n) is 10.3. The van der Waals surface area contributed by atoms with Gasteiger partial charge in [0.2, 0.25) is 5.91 Å². The van der Waals surface area contributed by atoms with Crippen LogP contribution in [0.25, 0.3) is 0 Å². The van der Waals surface area contributed by atoms with Gasteiger partial charge in [0.1, 0.15) is 6.10 Å². The van der Waals surface area contributed by atoms with Crippen LogP contribution in [-0.2, 0) is 9.53 Å². The van der Waals surface area contributed by atoms with Gasteiger partial charge in [-0.05, 0) is 50.8 Å². The fourth-order valence-corrected chi connectivity index (χ4v) is 2.66. The van der Waals surface area contributed by atoms with Crippen molar-refractivity contribution < 1.29 is 9.53 Å². The molecule has 1 amide bonds. The fraction of sp³-hybridized carbons (Fsp3) is 0.769. The summed E-state index contributed by atoms with van der Waals surface area (Å²) >= 11 is 0. The summed E-state index contributed by atoms with van der Waals surface area (Å²) in [6.07, 6.45) is 9.24. The normalized spacial score (nSPS) is 26.7. The number of rotatable bonds is 4. The van der Waals surface area contributed by atoms with E-state index in [1.165, 1.54) is 0 Å². The first-order valence-corrected chi connectivity index (χ1v) is 6.55.